The predicted molar refractivity (Wildman–Crippen MR) is 90.2 cm³/mol. The van der Waals surface area contributed by atoms with Gasteiger partial charge < -0.3 is 10.2 Å². The lowest BCUT2D eigenvalue weighted by Gasteiger charge is -2.32. The molecule has 1 saturated heterocycles. The molecule has 122 valence electrons. The molecule has 0 bridgehead atoms. The van der Waals surface area contributed by atoms with Crippen molar-refractivity contribution in [2.75, 3.05) is 18.0 Å². The number of anilines is 1. The smallest absolute Gasteiger partial charge is 0.220 e. The maximum atomic E-state index is 13.5. The van der Waals surface area contributed by atoms with Crippen molar-refractivity contribution < 1.29 is 9.18 Å². The number of amides is 1. The molecule has 1 aliphatic heterocycles. The van der Waals surface area contributed by atoms with Crippen LogP contribution in [0.15, 0.2) is 35.8 Å². The summed E-state index contributed by atoms with van der Waals surface area (Å²) in [7, 11) is 0. The van der Waals surface area contributed by atoms with Crippen molar-refractivity contribution in [1.82, 2.24) is 10.3 Å². The van der Waals surface area contributed by atoms with Crippen molar-refractivity contribution in [3.8, 4) is 0 Å². The molecular weight excluding hydrogens is 313 g/mol. The molecule has 3 rings (SSSR count). The van der Waals surface area contributed by atoms with E-state index in [4.69, 9.17) is 0 Å². The van der Waals surface area contributed by atoms with E-state index in [0.717, 1.165) is 31.1 Å². The Hall–Kier alpha value is -1.95. The summed E-state index contributed by atoms with van der Waals surface area (Å²) < 4.78 is 13.5. The number of thiazole rings is 1. The summed E-state index contributed by atoms with van der Waals surface area (Å²) in [4.78, 5) is 18.6. The van der Waals surface area contributed by atoms with E-state index in [-0.39, 0.29) is 17.8 Å². The lowest BCUT2D eigenvalue weighted by atomic mass is 10.0. The van der Waals surface area contributed by atoms with Crippen LogP contribution >= 0.6 is 11.3 Å². The molecule has 1 amide bonds. The summed E-state index contributed by atoms with van der Waals surface area (Å²) in [6, 6.07) is 6.83. The van der Waals surface area contributed by atoms with Crippen LogP contribution in [0.4, 0.5) is 9.52 Å². The topological polar surface area (TPSA) is 45.2 Å². The summed E-state index contributed by atoms with van der Waals surface area (Å²) in [6.45, 7) is 1.82. The van der Waals surface area contributed by atoms with Crippen LogP contribution in [0.1, 0.15) is 24.8 Å². The second kappa shape index (κ2) is 7.55. The quantitative estimate of drug-likeness (QED) is 0.915. The molecule has 0 spiro atoms. The molecule has 0 unspecified atom stereocenters. The zero-order valence-corrected chi connectivity index (χ0v) is 13.7. The average molecular weight is 333 g/mol. The van der Waals surface area contributed by atoms with Gasteiger partial charge in [0.1, 0.15) is 5.82 Å². The molecule has 0 atom stereocenters. The highest BCUT2D eigenvalue weighted by Crippen LogP contribution is 2.22. The summed E-state index contributed by atoms with van der Waals surface area (Å²) >= 11 is 1.64. The zero-order valence-electron chi connectivity index (χ0n) is 12.9. The normalized spacial score (nSPS) is 15.6. The first kappa shape index (κ1) is 15.9. The van der Waals surface area contributed by atoms with E-state index in [9.17, 15) is 9.18 Å². The minimum Gasteiger partial charge on any atom is -0.353 e. The average Bonchev–Trinajstić information content (AvgIpc) is 3.09. The predicted octanol–water partition coefficient (Wildman–Crippen LogP) is 3.00. The Morgan fingerprint density at radius 1 is 1.35 bits per heavy atom. The number of aromatic nitrogens is 1. The molecule has 1 fully saturated rings. The number of hydrogen-bond acceptors (Lipinski definition) is 4. The van der Waals surface area contributed by atoms with Gasteiger partial charge in [-0.1, -0.05) is 18.2 Å². The van der Waals surface area contributed by atoms with Crippen molar-refractivity contribution in [2.45, 2.75) is 31.7 Å². The number of rotatable bonds is 5. The standard InChI is InChI=1S/C17H20FN3OS/c18-15-4-2-1-3-13(15)5-6-16(22)20-14-7-10-21(11-8-14)17-19-9-12-23-17/h1-4,9,12,14H,5-8,10-11H2,(H,20,22). The van der Waals surface area contributed by atoms with E-state index in [1.54, 1.807) is 29.5 Å². The third-order valence-electron chi connectivity index (χ3n) is 4.13. The van der Waals surface area contributed by atoms with Gasteiger partial charge >= 0.3 is 0 Å². The minimum absolute atomic E-state index is 0.000881. The van der Waals surface area contributed by atoms with Gasteiger partial charge in [0, 0.05) is 37.1 Å². The highest BCUT2D eigenvalue weighted by Gasteiger charge is 2.21. The molecule has 0 aliphatic carbocycles. The van der Waals surface area contributed by atoms with Gasteiger partial charge in [-0.2, -0.15) is 0 Å². The fourth-order valence-corrected chi connectivity index (χ4v) is 3.53. The van der Waals surface area contributed by atoms with Crippen LogP contribution in [-0.4, -0.2) is 30.0 Å². The molecule has 1 aromatic carbocycles. The van der Waals surface area contributed by atoms with E-state index < -0.39 is 0 Å². The lowest BCUT2D eigenvalue weighted by Crippen LogP contribution is -2.44. The van der Waals surface area contributed by atoms with Crippen molar-refractivity contribution in [3.63, 3.8) is 0 Å². The summed E-state index contributed by atoms with van der Waals surface area (Å²) in [5.74, 6) is -0.238. The van der Waals surface area contributed by atoms with Crippen LogP contribution in [0.3, 0.4) is 0 Å². The van der Waals surface area contributed by atoms with Gasteiger partial charge in [0.15, 0.2) is 5.13 Å². The van der Waals surface area contributed by atoms with Crippen molar-refractivity contribution in [2.24, 2.45) is 0 Å². The van der Waals surface area contributed by atoms with E-state index >= 15 is 0 Å². The summed E-state index contributed by atoms with van der Waals surface area (Å²) in [6.07, 6.45) is 4.43. The first-order valence-electron chi connectivity index (χ1n) is 7.89. The van der Waals surface area contributed by atoms with Crippen molar-refractivity contribution in [3.05, 3.63) is 47.2 Å². The molecule has 6 heteroatoms. The van der Waals surface area contributed by atoms with Crippen LogP contribution in [-0.2, 0) is 11.2 Å². The van der Waals surface area contributed by atoms with Gasteiger partial charge in [-0.25, -0.2) is 9.37 Å². The van der Waals surface area contributed by atoms with Gasteiger partial charge in [0.05, 0.1) is 0 Å². The molecule has 1 N–H and O–H groups in total. The Kier molecular flexibility index (Phi) is 5.23. The van der Waals surface area contributed by atoms with E-state index in [1.165, 1.54) is 6.07 Å². The number of nitrogens with zero attached hydrogens (tertiary/aromatic N) is 2. The maximum Gasteiger partial charge on any atom is 0.220 e. The Morgan fingerprint density at radius 3 is 2.83 bits per heavy atom. The van der Waals surface area contributed by atoms with Gasteiger partial charge in [-0.15, -0.1) is 11.3 Å². The van der Waals surface area contributed by atoms with Gasteiger partial charge in [-0.3, -0.25) is 4.79 Å². The number of nitrogens with one attached hydrogen (secondary N) is 1. The van der Waals surface area contributed by atoms with Gasteiger partial charge in [0.2, 0.25) is 5.91 Å². The minimum atomic E-state index is -0.239. The number of halogens is 1. The Balaban J connectivity index is 1.42. The molecule has 1 aromatic heterocycles. The molecule has 1 aliphatic rings. The molecule has 0 saturated carbocycles. The number of aryl methyl sites for hydroxylation is 1. The molecule has 23 heavy (non-hydrogen) atoms. The van der Waals surface area contributed by atoms with E-state index in [2.05, 4.69) is 15.2 Å². The Morgan fingerprint density at radius 2 is 2.13 bits per heavy atom. The van der Waals surface area contributed by atoms with Crippen LogP contribution in [0, 0.1) is 5.82 Å². The summed E-state index contributed by atoms with van der Waals surface area (Å²) in [5.41, 5.74) is 0.598. The third kappa shape index (κ3) is 4.28. The molecule has 2 heterocycles. The second-order valence-corrected chi connectivity index (χ2v) is 6.61. The van der Waals surface area contributed by atoms with Crippen LogP contribution in [0.5, 0.6) is 0 Å². The van der Waals surface area contributed by atoms with Crippen molar-refractivity contribution in [1.29, 1.82) is 0 Å². The highest BCUT2D eigenvalue weighted by molar-refractivity contribution is 7.13. The lowest BCUT2D eigenvalue weighted by molar-refractivity contribution is -0.121. The monoisotopic (exact) mass is 333 g/mol. The maximum absolute atomic E-state index is 13.5. The SMILES string of the molecule is O=C(CCc1ccccc1F)NC1CCN(c2nccs2)CC1. The highest BCUT2D eigenvalue weighted by atomic mass is 32.1. The van der Waals surface area contributed by atoms with Gasteiger partial charge in [-0.05, 0) is 30.9 Å². The number of piperidine rings is 1. The van der Waals surface area contributed by atoms with E-state index in [0.29, 0.717) is 18.4 Å². The third-order valence-corrected chi connectivity index (χ3v) is 4.96. The first-order valence-corrected chi connectivity index (χ1v) is 8.77. The number of hydrogen-bond donors (Lipinski definition) is 1. The van der Waals surface area contributed by atoms with Crippen LogP contribution in [0.2, 0.25) is 0 Å². The van der Waals surface area contributed by atoms with Crippen molar-refractivity contribution >= 4 is 22.4 Å². The molecule has 4 nitrogen and oxygen atoms in total. The van der Waals surface area contributed by atoms with E-state index in [1.807, 2.05) is 11.6 Å². The number of carbonyl (C=O) groups is 1. The largest absolute Gasteiger partial charge is 0.353 e. The Bertz CT molecular complexity index is 639. The van der Waals surface area contributed by atoms with Crippen LogP contribution < -0.4 is 10.2 Å². The fraction of sp³-hybridized carbons (Fsp3) is 0.412. The summed E-state index contributed by atoms with van der Waals surface area (Å²) in [5, 5.41) is 6.10. The van der Waals surface area contributed by atoms with Crippen LogP contribution in [0.25, 0.3) is 0 Å². The molecular formula is C17H20FN3OS. The number of carbonyl (C=O) groups excluding carboxylic acids is 1. The molecule has 0 radical (unpaired) electrons. The molecule has 2 aromatic rings. The number of benzene rings is 1. The fourth-order valence-electron chi connectivity index (χ4n) is 2.84. The second-order valence-electron chi connectivity index (χ2n) is 5.73. The Labute approximate surface area is 139 Å². The zero-order chi connectivity index (χ0) is 16.1. The van der Waals surface area contributed by atoms with Gasteiger partial charge in [0.25, 0.3) is 0 Å². The first-order chi connectivity index (χ1) is 11.2.